The Morgan fingerprint density at radius 3 is 1.95 bits per heavy atom. The van der Waals surface area contributed by atoms with Crippen molar-refractivity contribution in [3.8, 4) is 0 Å². The molecule has 0 atom stereocenters. The minimum atomic E-state index is -3.75. The molecule has 0 unspecified atom stereocenters. The summed E-state index contributed by atoms with van der Waals surface area (Å²) in [6, 6.07) is 10.6. The maximum absolute atomic E-state index is 14.0. The molecule has 0 heterocycles. The molecule has 0 N–H and O–H groups in total. The Morgan fingerprint density at radius 2 is 1.45 bits per heavy atom. The average Bonchev–Trinajstić information content (AvgIpc) is 2.47. The van der Waals surface area contributed by atoms with Crippen LogP contribution in [0.3, 0.4) is 0 Å². The third-order valence-electron chi connectivity index (χ3n) is 2.85. The van der Waals surface area contributed by atoms with Gasteiger partial charge in [-0.1, -0.05) is 54.6 Å². The van der Waals surface area contributed by atoms with E-state index < -0.39 is 23.7 Å². The lowest BCUT2D eigenvalue weighted by Gasteiger charge is -2.15. The molecule has 2 aromatic carbocycles. The molecule has 2 rings (SSSR count). The summed E-state index contributed by atoms with van der Waals surface area (Å²) in [6.07, 6.45) is -2.73. The molecular weight excluding hydrogens is 272 g/mol. The van der Waals surface area contributed by atoms with Gasteiger partial charge < -0.3 is 0 Å². The number of hydrogen-bond donors (Lipinski definition) is 0. The lowest BCUT2D eigenvalue weighted by molar-refractivity contribution is 0.00738. The van der Waals surface area contributed by atoms with E-state index in [0.29, 0.717) is 0 Å². The molecule has 0 aromatic heterocycles. The average molecular weight is 282 g/mol. The van der Waals surface area contributed by atoms with Crippen LogP contribution >= 0.6 is 0 Å². The summed E-state index contributed by atoms with van der Waals surface area (Å²) < 4.78 is 52.8. The van der Waals surface area contributed by atoms with Crippen molar-refractivity contribution in [1.82, 2.24) is 0 Å². The van der Waals surface area contributed by atoms with Crippen molar-refractivity contribution < 1.29 is 22.4 Å². The number of ketones is 1. The standard InChI is InChI=1S/C15H10F4O/c16-14(17)11-6-8-12(9-7-11)15(18,19)13(20)10-4-2-1-3-5-10/h1-9,14H. The van der Waals surface area contributed by atoms with Crippen molar-refractivity contribution in [2.24, 2.45) is 0 Å². The van der Waals surface area contributed by atoms with Crippen LogP contribution in [-0.2, 0) is 5.92 Å². The molecule has 0 radical (unpaired) electrons. The van der Waals surface area contributed by atoms with Crippen molar-refractivity contribution in [2.45, 2.75) is 12.3 Å². The lowest BCUT2D eigenvalue weighted by atomic mass is 9.98. The first-order valence-corrected chi connectivity index (χ1v) is 5.79. The second-order valence-electron chi connectivity index (χ2n) is 4.19. The molecule has 2 aromatic rings. The van der Waals surface area contributed by atoms with Crippen molar-refractivity contribution in [2.75, 3.05) is 0 Å². The van der Waals surface area contributed by atoms with Gasteiger partial charge in [0.25, 0.3) is 6.43 Å². The highest BCUT2D eigenvalue weighted by molar-refractivity contribution is 6.01. The number of hydrogen-bond acceptors (Lipinski definition) is 1. The van der Waals surface area contributed by atoms with Gasteiger partial charge in [-0.25, -0.2) is 8.78 Å². The molecule has 0 bridgehead atoms. The topological polar surface area (TPSA) is 17.1 Å². The van der Waals surface area contributed by atoms with E-state index in [2.05, 4.69) is 0 Å². The molecule has 104 valence electrons. The van der Waals surface area contributed by atoms with Crippen molar-refractivity contribution in [3.05, 3.63) is 71.3 Å². The van der Waals surface area contributed by atoms with E-state index >= 15 is 0 Å². The zero-order chi connectivity index (χ0) is 14.8. The smallest absolute Gasteiger partial charge is 0.287 e. The number of benzene rings is 2. The van der Waals surface area contributed by atoms with Gasteiger partial charge in [0.15, 0.2) is 0 Å². The highest BCUT2D eigenvalue weighted by atomic mass is 19.3. The Labute approximate surface area is 112 Å². The molecule has 1 nitrogen and oxygen atoms in total. The minimum absolute atomic E-state index is 0.129. The van der Waals surface area contributed by atoms with Gasteiger partial charge in [-0.15, -0.1) is 0 Å². The lowest BCUT2D eigenvalue weighted by Crippen LogP contribution is -2.26. The normalized spacial score (nSPS) is 11.7. The van der Waals surface area contributed by atoms with E-state index in [0.717, 1.165) is 24.3 Å². The van der Waals surface area contributed by atoms with Crippen LogP contribution in [-0.4, -0.2) is 5.78 Å². The summed E-state index contributed by atoms with van der Waals surface area (Å²) in [6.45, 7) is 0. The number of alkyl halides is 4. The SMILES string of the molecule is O=C(c1ccccc1)C(F)(F)c1ccc(C(F)F)cc1. The fourth-order valence-electron chi connectivity index (χ4n) is 1.74. The molecule has 0 aliphatic heterocycles. The highest BCUT2D eigenvalue weighted by Crippen LogP contribution is 2.33. The quantitative estimate of drug-likeness (QED) is 0.591. The Kier molecular flexibility index (Phi) is 3.88. The van der Waals surface area contributed by atoms with Gasteiger partial charge in [-0.05, 0) is 0 Å². The van der Waals surface area contributed by atoms with Crippen molar-refractivity contribution >= 4 is 5.78 Å². The van der Waals surface area contributed by atoms with Crippen LogP contribution in [0, 0.1) is 0 Å². The van der Waals surface area contributed by atoms with E-state index in [4.69, 9.17) is 0 Å². The predicted octanol–water partition coefficient (Wildman–Crippen LogP) is 4.60. The second kappa shape index (κ2) is 5.45. The van der Waals surface area contributed by atoms with Crippen LogP contribution in [0.4, 0.5) is 17.6 Å². The molecule has 0 aliphatic rings. The van der Waals surface area contributed by atoms with Crippen LogP contribution in [0.15, 0.2) is 54.6 Å². The van der Waals surface area contributed by atoms with Gasteiger partial charge >= 0.3 is 5.92 Å². The van der Waals surface area contributed by atoms with Crippen LogP contribution in [0.2, 0.25) is 0 Å². The fraction of sp³-hybridized carbons (Fsp3) is 0.133. The molecular formula is C15H10F4O. The largest absolute Gasteiger partial charge is 0.334 e. The fourth-order valence-corrected chi connectivity index (χ4v) is 1.74. The van der Waals surface area contributed by atoms with Gasteiger partial charge in [-0.2, -0.15) is 8.78 Å². The molecule has 20 heavy (non-hydrogen) atoms. The first kappa shape index (κ1) is 14.2. The number of carbonyl (C=O) groups excluding carboxylic acids is 1. The summed E-state index contributed by atoms with van der Waals surface area (Å²) >= 11 is 0. The molecule has 5 heteroatoms. The summed E-state index contributed by atoms with van der Waals surface area (Å²) in [5.41, 5.74) is -1.09. The zero-order valence-corrected chi connectivity index (χ0v) is 10.2. The van der Waals surface area contributed by atoms with Crippen LogP contribution in [0.25, 0.3) is 0 Å². The number of rotatable bonds is 4. The number of carbonyl (C=O) groups is 1. The first-order chi connectivity index (χ1) is 9.43. The maximum Gasteiger partial charge on any atom is 0.334 e. The first-order valence-electron chi connectivity index (χ1n) is 5.79. The van der Waals surface area contributed by atoms with Crippen LogP contribution < -0.4 is 0 Å². The van der Waals surface area contributed by atoms with E-state index in [1.165, 1.54) is 24.3 Å². The maximum atomic E-state index is 14.0. The Morgan fingerprint density at radius 1 is 0.900 bits per heavy atom. The van der Waals surface area contributed by atoms with Gasteiger partial charge in [0, 0.05) is 16.7 Å². The Bertz CT molecular complexity index is 591. The number of halogens is 4. The summed E-state index contributed by atoms with van der Waals surface area (Å²) in [5, 5.41) is 0. The molecule has 0 spiro atoms. The zero-order valence-electron chi connectivity index (χ0n) is 10.2. The molecule has 0 fully saturated rings. The Balaban J connectivity index is 2.32. The molecule has 0 saturated heterocycles. The van der Waals surface area contributed by atoms with E-state index in [9.17, 15) is 22.4 Å². The summed E-state index contributed by atoms with van der Waals surface area (Å²) in [4.78, 5) is 11.8. The Hall–Kier alpha value is -2.17. The van der Waals surface area contributed by atoms with Crippen molar-refractivity contribution in [1.29, 1.82) is 0 Å². The van der Waals surface area contributed by atoms with Gasteiger partial charge in [-0.3, -0.25) is 4.79 Å². The van der Waals surface area contributed by atoms with E-state index in [-0.39, 0.29) is 11.1 Å². The second-order valence-corrected chi connectivity index (χ2v) is 4.19. The third kappa shape index (κ3) is 2.71. The number of Topliss-reactive ketones (excluding diaryl/α,β-unsaturated/α-hetero) is 1. The van der Waals surface area contributed by atoms with Gasteiger partial charge in [0.2, 0.25) is 5.78 Å². The summed E-state index contributed by atoms with van der Waals surface area (Å²) in [5.74, 6) is -5.11. The molecule has 0 aliphatic carbocycles. The van der Waals surface area contributed by atoms with E-state index in [1.54, 1.807) is 6.07 Å². The van der Waals surface area contributed by atoms with Gasteiger partial charge in [0.1, 0.15) is 0 Å². The molecule has 0 amide bonds. The summed E-state index contributed by atoms with van der Waals surface area (Å²) in [7, 11) is 0. The van der Waals surface area contributed by atoms with Crippen molar-refractivity contribution in [3.63, 3.8) is 0 Å². The molecule has 0 saturated carbocycles. The monoisotopic (exact) mass is 282 g/mol. The van der Waals surface area contributed by atoms with Crippen LogP contribution in [0.1, 0.15) is 27.9 Å². The minimum Gasteiger partial charge on any atom is -0.287 e. The predicted molar refractivity (Wildman–Crippen MR) is 66.1 cm³/mol. The van der Waals surface area contributed by atoms with Crippen LogP contribution in [0.5, 0.6) is 0 Å². The highest BCUT2D eigenvalue weighted by Gasteiger charge is 2.41. The third-order valence-corrected chi connectivity index (χ3v) is 2.85. The van der Waals surface area contributed by atoms with E-state index in [1.807, 2.05) is 0 Å². The van der Waals surface area contributed by atoms with Gasteiger partial charge in [0.05, 0.1) is 0 Å².